The van der Waals surface area contributed by atoms with E-state index in [1.807, 2.05) is 41.1 Å². The summed E-state index contributed by atoms with van der Waals surface area (Å²) in [6.07, 6.45) is 0.665. The number of ether oxygens (including phenoxy) is 2. The van der Waals surface area contributed by atoms with Crippen molar-refractivity contribution in [1.82, 2.24) is 25.5 Å². The van der Waals surface area contributed by atoms with Crippen LogP contribution in [0.15, 0.2) is 41.1 Å². The maximum absolute atomic E-state index is 11.8. The Labute approximate surface area is 165 Å². The molecule has 0 aliphatic rings. The van der Waals surface area contributed by atoms with Crippen molar-refractivity contribution in [1.29, 1.82) is 0 Å². The fourth-order valence-corrected chi connectivity index (χ4v) is 2.95. The van der Waals surface area contributed by atoms with Crippen LogP contribution in [0.3, 0.4) is 0 Å². The average molecular weight is 401 g/mol. The number of methoxy groups -OCH3 is 1. The minimum Gasteiger partial charge on any atom is -0.497 e. The van der Waals surface area contributed by atoms with Crippen molar-refractivity contribution in [2.75, 3.05) is 20.3 Å². The largest absolute Gasteiger partial charge is 0.497 e. The molecule has 1 amide bonds. The minimum absolute atomic E-state index is 0.212. The first kappa shape index (κ1) is 19.5. The van der Waals surface area contributed by atoms with E-state index in [0.29, 0.717) is 18.8 Å². The molecular weight excluding hydrogens is 382 g/mol. The Kier molecular flexibility index (Phi) is 6.68. The van der Waals surface area contributed by atoms with Gasteiger partial charge in [-0.2, -0.15) is 16.1 Å². The second-order valence-corrected chi connectivity index (χ2v) is 6.54. The third-order valence-electron chi connectivity index (χ3n) is 3.76. The van der Waals surface area contributed by atoms with Crippen LogP contribution in [-0.4, -0.2) is 52.3 Å². The number of amides is 1. The van der Waals surface area contributed by atoms with Gasteiger partial charge in [0.2, 0.25) is 5.82 Å². The predicted molar refractivity (Wildman–Crippen MR) is 102 cm³/mol. The summed E-state index contributed by atoms with van der Waals surface area (Å²) in [5.41, 5.74) is 1.90. The second kappa shape index (κ2) is 9.60. The Morgan fingerprint density at radius 3 is 2.75 bits per heavy atom. The summed E-state index contributed by atoms with van der Waals surface area (Å²) < 4.78 is 10.0. The summed E-state index contributed by atoms with van der Waals surface area (Å²) in [5, 5.41) is 18.3. The van der Waals surface area contributed by atoms with Gasteiger partial charge in [0.15, 0.2) is 13.2 Å². The topological polar surface area (TPSA) is 108 Å². The van der Waals surface area contributed by atoms with Gasteiger partial charge in [0.1, 0.15) is 5.75 Å². The van der Waals surface area contributed by atoms with E-state index in [1.54, 1.807) is 7.11 Å². The number of thiophene rings is 1. The molecule has 0 aliphatic carbocycles. The number of nitrogens with one attached hydrogen (secondary N) is 1. The molecule has 2 heterocycles. The maximum atomic E-state index is 11.8. The first-order valence-corrected chi connectivity index (χ1v) is 9.44. The highest BCUT2D eigenvalue weighted by atomic mass is 32.1. The van der Waals surface area contributed by atoms with Gasteiger partial charge in [0.25, 0.3) is 5.91 Å². The van der Waals surface area contributed by atoms with Gasteiger partial charge in [0.05, 0.1) is 7.11 Å². The average Bonchev–Trinajstić information content (AvgIpc) is 3.39. The Hall–Kier alpha value is -3.27. The number of tetrazole rings is 1. The van der Waals surface area contributed by atoms with Crippen molar-refractivity contribution < 1.29 is 19.1 Å². The first-order chi connectivity index (χ1) is 13.6. The number of rotatable bonds is 9. The van der Waals surface area contributed by atoms with Crippen LogP contribution < -0.4 is 10.1 Å². The van der Waals surface area contributed by atoms with Gasteiger partial charge in [-0.25, -0.2) is 4.79 Å². The fourth-order valence-electron chi connectivity index (χ4n) is 2.31. The SMILES string of the molecule is COc1ccc(CCNC(=O)COC(=O)Cn2nnc(-c3ccsc3)n2)cc1. The van der Waals surface area contributed by atoms with E-state index in [-0.39, 0.29) is 19.1 Å². The minimum atomic E-state index is -0.612. The Morgan fingerprint density at radius 2 is 2.04 bits per heavy atom. The van der Waals surface area contributed by atoms with E-state index in [4.69, 9.17) is 9.47 Å². The lowest BCUT2D eigenvalue weighted by Crippen LogP contribution is -2.31. The molecule has 0 bridgehead atoms. The van der Waals surface area contributed by atoms with Gasteiger partial charge in [-0.05, 0) is 40.8 Å². The third kappa shape index (κ3) is 5.61. The van der Waals surface area contributed by atoms with Crippen LogP contribution in [0.1, 0.15) is 5.56 Å². The number of aromatic nitrogens is 4. The molecular formula is C18H19N5O4S. The van der Waals surface area contributed by atoms with Crippen LogP contribution in [-0.2, 0) is 27.3 Å². The fraction of sp³-hybridized carbons (Fsp3) is 0.278. The summed E-state index contributed by atoms with van der Waals surface area (Å²) in [7, 11) is 1.61. The molecule has 1 N–H and O–H groups in total. The van der Waals surface area contributed by atoms with E-state index in [0.717, 1.165) is 21.7 Å². The van der Waals surface area contributed by atoms with Crippen molar-refractivity contribution in [3.05, 3.63) is 46.7 Å². The van der Waals surface area contributed by atoms with Gasteiger partial charge >= 0.3 is 5.97 Å². The van der Waals surface area contributed by atoms with Crippen LogP contribution in [0.25, 0.3) is 11.4 Å². The zero-order valence-corrected chi connectivity index (χ0v) is 16.0. The molecule has 0 aliphatic heterocycles. The number of hydrogen-bond acceptors (Lipinski definition) is 8. The standard InChI is InChI=1S/C18H19N5O4S/c1-26-15-4-2-13(3-5-15)6-8-19-16(24)11-27-17(25)10-23-21-18(20-22-23)14-7-9-28-12-14/h2-5,7,9,12H,6,8,10-11H2,1H3,(H,19,24). The number of carbonyl (C=O) groups is 2. The van der Waals surface area contributed by atoms with Gasteiger partial charge in [-0.1, -0.05) is 12.1 Å². The summed E-state index contributed by atoms with van der Waals surface area (Å²) >= 11 is 1.52. The maximum Gasteiger partial charge on any atom is 0.330 e. The summed E-state index contributed by atoms with van der Waals surface area (Å²) in [6.45, 7) is -0.124. The number of esters is 1. The zero-order valence-electron chi connectivity index (χ0n) is 15.2. The summed E-state index contributed by atoms with van der Waals surface area (Å²) in [5.74, 6) is 0.237. The van der Waals surface area contributed by atoms with Crippen LogP contribution in [0.2, 0.25) is 0 Å². The lowest BCUT2D eigenvalue weighted by Gasteiger charge is -2.07. The lowest BCUT2D eigenvalue weighted by atomic mass is 10.1. The highest BCUT2D eigenvalue weighted by molar-refractivity contribution is 7.08. The molecule has 0 saturated carbocycles. The number of hydrogen-bond donors (Lipinski definition) is 1. The summed E-state index contributed by atoms with van der Waals surface area (Å²) in [6, 6.07) is 9.45. The van der Waals surface area contributed by atoms with Gasteiger partial charge in [0, 0.05) is 17.5 Å². The number of nitrogens with zero attached hydrogens (tertiary/aromatic N) is 4. The van der Waals surface area contributed by atoms with Crippen molar-refractivity contribution >= 4 is 23.2 Å². The highest BCUT2D eigenvalue weighted by Crippen LogP contribution is 2.16. The molecule has 0 fully saturated rings. The molecule has 2 aromatic heterocycles. The first-order valence-electron chi connectivity index (χ1n) is 8.49. The van der Waals surface area contributed by atoms with E-state index < -0.39 is 5.97 Å². The van der Waals surface area contributed by atoms with Crippen molar-refractivity contribution in [2.24, 2.45) is 0 Å². The number of carbonyl (C=O) groups excluding carboxylic acids is 2. The van der Waals surface area contributed by atoms with Gasteiger partial charge < -0.3 is 14.8 Å². The normalized spacial score (nSPS) is 10.5. The second-order valence-electron chi connectivity index (χ2n) is 5.76. The molecule has 0 spiro atoms. The molecule has 1 aromatic carbocycles. The molecule has 9 nitrogen and oxygen atoms in total. The number of benzene rings is 1. The molecule has 3 aromatic rings. The van der Waals surface area contributed by atoms with E-state index in [2.05, 4.69) is 20.7 Å². The Bertz CT molecular complexity index is 908. The molecule has 0 radical (unpaired) electrons. The van der Waals surface area contributed by atoms with E-state index in [9.17, 15) is 9.59 Å². The van der Waals surface area contributed by atoms with Gasteiger partial charge in [-0.3, -0.25) is 4.79 Å². The summed E-state index contributed by atoms with van der Waals surface area (Å²) in [4.78, 5) is 24.8. The smallest absolute Gasteiger partial charge is 0.330 e. The molecule has 28 heavy (non-hydrogen) atoms. The molecule has 146 valence electrons. The predicted octanol–water partition coefficient (Wildman–Crippen LogP) is 1.31. The highest BCUT2D eigenvalue weighted by Gasteiger charge is 2.12. The van der Waals surface area contributed by atoms with Gasteiger partial charge in [-0.15, -0.1) is 10.2 Å². The molecule has 10 heteroatoms. The molecule has 0 unspecified atom stereocenters. The van der Waals surface area contributed by atoms with Crippen LogP contribution in [0.4, 0.5) is 0 Å². The van der Waals surface area contributed by atoms with Crippen molar-refractivity contribution in [3.63, 3.8) is 0 Å². The third-order valence-corrected chi connectivity index (χ3v) is 4.45. The monoisotopic (exact) mass is 401 g/mol. The molecule has 0 saturated heterocycles. The van der Waals surface area contributed by atoms with Crippen LogP contribution >= 0.6 is 11.3 Å². The molecule has 0 atom stereocenters. The quantitative estimate of drug-likeness (QED) is 0.539. The van der Waals surface area contributed by atoms with E-state index in [1.165, 1.54) is 11.3 Å². The van der Waals surface area contributed by atoms with Crippen molar-refractivity contribution in [2.45, 2.75) is 13.0 Å². The van der Waals surface area contributed by atoms with E-state index >= 15 is 0 Å². The van der Waals surface area contributed by atoms with Crippen LogP contribution in [0, 0.1) is 0 Å². The molecule has 3 rings (SSSR count). The Balaban J connectivity index is 1.35. The van der Waals surface area contributed by atoms with Crippen molar-refractivity contribution in [3.8, 4) is 17.1 Å². The lowest BCUT2D eigenvalue weighted by molar-refractivity contribution is -0.149. The Morgan fingerprint density at radius 1 is 1.21 bits per heavy atom. The zero-order chi connectivity index (χ0) is 19.8. The van der Waals surface area contributed by atoms with Crippen LogP contribution in [0.5, 0.6) is 5.75 Å².